The molecule has 2 saturated heterocycles. The second-order valence-electron chi connectivity index (χ2n) is 13.0. The van der Waals surface area contributed by atoms with Crippen molar-refractivity contribution < 1.29 is 4.79 Å². The Labute approximate surface area is 275 Å². The summed E-state index contributed by atoms with van der Waals surface area (Å²) in [4.78, 5) is 34.4. The normalized spacial score (nSPS) is 22.4. The molecule has 5 heterocycles. The zero-order chi connectivity index (χ0) is 32.3. The molecule has 0 radical (unpaired) electrons. The molecule has 1 saturated carbocycles. The Morgan fingerprint density at radius 3 is 2.51 bits per heavy atom. The molecule has 12 heteroatoms. The summed E-state index contributed by atoms with van der Waals surface area (Å²) in [5.41, 5.74) is 3.48. The van der Waals surface area contributed by atoms with Crippen molar-refractivity contribution in [3.63, 3.8) is 0 Å². The number of hydrogen-bond acceptors (Lipinski definition) is 9. The molecule has 242 valence electrons. The molecule has 2 aliphatic heterocycles. The Hall–Kier alpha value is -5.02. The number of carbonyl (C=O) groups excluding carboxylic acids is 1. The number of fused-ring (bicyclic) bond motifs is 1. The fourth-order valence-electron chi connectivity index (χ4n) is 7.35. The maximum absolute atomic E-state index is 13.8. The minimum atomic E-state index is -0.159. The number of rotatable bonds is 8. The molecule has 7 rings (SSSR count). The molecule has 3 aliphatic rings. The van der Waals surface area contributed by atoms with Gasteiger partial charge in [0, 0.05) is 68.3 Å². The number of nitrogens with zero attached hydrogens (tertiary/aromatic N) is 9. The van der Waals surface area contributed by atoms with Crippen LogP contribution >= 0.6 is 0 Å². The lowest BCUT2D eigenvalue weighted by Crippen LogP contribution is -2.49. The number of amides is 2. The highest BCUT2D eigenvalue weighted by molar-refractivity contribution is 5.91. The molecule has 2 amide bonds. The first-order chi connectivity index (χ1) is 22.9. The molecule has 2 unspecified atom stereocenters. The van der Waals surface area contributed by atoms with E-state index in [0.29, 0.717) is 35.8 Å². The minimum absolute atomic E-state index is 0.0148. The third-order valence-corrected chi connectivity index (χ3v) is 9.95. The lowest BCUT2D eigenvalue weighted by Gasteiger charge is -2.36. The topological polar surface area (TPSA) is 131 Å². The summed E-state index contributed by atoms with van der Waals surface area (Å²) >= 11 is 0. The van der Waals surface area contributed by atoms with Crippen LogP contribution in [0.3, 0.4) is 0 Å². The number of likely N-dealkylation sites (tertiary alicyclic amines) is 1. The Kier molecular flexibility index (Phi) is 8.72. The summed E-state index contributed by atoms with van der Waals surface area (Å²) in [6, 6.07) is 16.6. The van der Waals surface area contributed by atoms with Crippen molar-refractivity contribution in [2.45, 2.75) is 56.8 Å². The number of benzene rings is 1. The third-order valence-electron chi connectivity index (χ3n) is 9.95. The van der Waals surface area contributed by atoms with Crippen molar-refractivity contribution in [3.05, 3.63) is 78.4 Å². The number of likely N-dealkylation sites (N-methyl/N-ethyl adjacent to an activating group) is 1. The van der Waals surface area contributed by atoms with E-state index in [9.17, 15) is 10.1 Å². The quantitative estimate of drug-likeness (QED) is 0.290. The Bertz CT molecular complexity index is 1730. The number of aromatic nitrogens is 5. The van der Waals surface area contributed by atoms with E-state index < -0.39 is 0 Å². The van der Waals surface area contributed by atoms with Gasteiger partial charge in [0.1, 0.15) is 17.5 Å². The fraction of sp³-hybridized carbons (Fsp3) is 0.429. The smallest absolute Gasteiger partial charge is 0.323 e. The summed E-state index contributed by atoms with van der Waals surface area (Å²) in [5.74, 6) is 2.52. The van der Waals surface area contributed by atoms with E-state index in [4.69, 9.17) is 9.97 Å². The predicted octanol–water partition coefficient (Wildman–Crippen LogP) is 4.42. The van der Waals surface area contributed by atoms with Gasteiger partial charge in [-0.05, 0) is 69.3 Å². The summed E-state index contributed by atoms with van der Waals surface area (Å²) in [6.07, 6.45) is 11.7. The zero-order valence-corrected chi connectivity index (χ0v) is 27.0. The summed E-state index contributed by atoms with van der Waals surface area (Å²) in [7, 11) is 4.07. The highest BCUT2D eigenvalue weighted by atomic mass is 16.2. The third kappa shape index (κ3) is 6.62. The van der Waals surface area contributed by atoms with Gasteiger partial charge in [-0.3, -0.25) is 9.58 Å². The molecule has 3 fully saturated rings. The molecule has 2 N–H and O–H groups in total. The van der Waals surface area contributed by atoms with Gasteiger partial charge in [-0.25, -0.2) is 14.8 Å². The number of nitrogens with one attached hydrogen (secondary N) is 2. The number of pyridine rings is 1. The van der Waals surface area contributed by atoms with Crippen molar-refractivity contribution in [2.75, 3.05) is 41.8 Å². The molecule has 1 aliphatic carbocycles. The van der Waals surface area contributed by atoms with Crippen molar-refractivity contribution in [1.82, 2.24) is 34.9 Å². The first-order valence-corrected chi connectivity index (χ1v) is 16.5. The first-order valence-electron chi connectivity index (χ1n) is 16.5. The molecular formula is C35H41N11O. The fourth-order valence-corrected chi connectivity index (χ4v) is 7.35. The first kappa shape index (κ1) is 30.6. The molecule has 1 aromatic carbocycles. The van der Waals surface area contributed by atoms with Crippen LogP contribution in [0.25, 0.3) is 11.1 Å². The molecule has 3 aromatic heterocycles. The maximum Gasteiger partial charge on any atom is 0.323 e. The van der Waals surface area contributed by atoms with E-state index in [1.165, 1.54) is 6.42 Å². The van der Waals surface area contributed by atoms with E-state index in [2.05, 4.69) is 43.6 Å². The number of nitriles is 1. The standard InChI is InChI=1S/C35H41N11O/c1-43-15-14-26-22-45(23-31(26)43)33-27(16-36)19-38-34(42-33)41-29-9-11-30(12-10-29)46(35(47)39-17-24-6-4-3-5-7-24)32-13-8-25(18-37-32)28-20-40-44(2)21-28/h3-8,13,18-21,26,29-31H,9-12,14-15,17,22-23H2,1-2H3,(H,39,47)(H,38,41,42)/t26?,29-,30-,31?. The monoisotopic (exact) mass is 631 g/mol. The van der Waals surface area contributed by atoms with Gasteiger partial charge in [-0.15, -0.1) is 0 Å². The highest BCUT2D eigenvalue weighted by Crippen LogP contribution is 2.34. The van der Waals surface area contributed by atoms with E-state index in [1.54, 1.807) is 10.9 Å². The van der Waals surface area contributed by atoms with Crippen LogP contribution in [0.5, 0.6) is 0 Å². The lowest BCUT2D eigenvalue weighted by molar-refractivity contribution is 0.240. The SMILES string of the molecule is CN1CCC2CN(c3nc(N[C@H]4CC[C@H](N(C(=O)NCc5ccccc5)c5ccc(-c6cnn(C)c6)cn5)CC4)ncc3C#N)CC21. The van der Waals surface area contributed by atoms with Gasteiger partial charge in [0.05, 0.1) is 12.4 Å². The zero-order valence-electron chi connectivity index (χ0n) is 27.0. The maximum atomic E-state index is 13.8. The number of aryl methyl sites for hydroxylation is 1. The van der Waals surface area contributed by atoms with Crippen LogP contribution < -0.4 is 20.4 Å². The second kappa shape index (κ2) is 13.4. The average molecular weight is 632 g/mol. The van der Waals surface area contributed by atoms with Gasteiger partial charge in [0.15, 0.2) is 5.82 Å². The van der Waals surface area contributed by atoms with Gasteiger partial charge in [-0.1, -0.05) is 30.3 Å². The Balaban J connectivity index is 1.04. The number of anilines is 3. The minimum Gasteiger partial charge on any atom is -0.353 e. The molecule has 12 nitrogen and oxygen atoms in total. The predicted molar refractivity (Wildman–Crippen MR) is 181 cm³/mol. The van der Waals surface area contributed by atoms with Gasteiger partial charge in [0.2, 0.25) is 5.95 Å². The number of hydrogen-bond donors (Lipinski definition) is 2. The van der Waals surface area contributed by atoms with E-state index in [1.807, 2.05) is 73.0 Å². The average Bonchev–Trinajstić information content (AvgIpc) is 3.83. The number of urea groups is 1. The molecule has 0 spiro atoms. The Morgan fingerprint density at radius 1 is 0.979 bits per heavy atom. The summed E-state index contributed by atoms with van der Waals surface area (Å²) < 4.78 is 1.76. The summed E-state index contributed by atoms with van der Waals surface area (Å²) in [5, 5.41) is 20.7. The largest absolute Gasteiger partial charge is 0.353 e. The van der Waals surface area contributed by atoms with Gasteiger partial charge in [0.25, 0.3) is 0 Å². The van der Waals surface area contributed by atoms with Crippen LogP contribution in [0, 0.1) is 17.2 Å². The van der Waals surface area contributed by atoms with Gasteiger partial charge < -0.3 is 20.4 Å². The molecule has 0 bridgehead atoms. The second-order valence-corrected chi connectivity index (χ2v) is 13.0. The van der Waals surface area contributed by atoms with E-state index in [0.717, 1.165) is 67.8 Å². The van der Waals surface area contributed by atoms with E-state index in [-0.39, 0.29) is 18.1 Å². The van der Waals surface area contributed by atoms with Crippen molar-refractivity contribution in [1.29, 1.82) is 5.26 Å². The molecule has 2 atom stereocenters. The van der Waals surface area contributed by atoms with Crippen molar-refractivity contribution >= 4 is 23.6 Å². The molecule has 4 aromatic rings. The van der Waals surface area contributed by atoms with Crippen LogP contribution in [-0.4, -0.2) is 80.5 Å². The van der Waals surface area contributed by atoms with Crippen LogP contribution in [0.4, 0.5) is 22.4 Å². The molecule has 47 heavy (non-hydrogen) atoms. The van der Waals surface area contributed by atoms with Crippen LogP contribution in [-0.2, 0) is 13.6 Å². The van der Waals surface area contributed by atoms with Gasteiger partial charge >= 0.3 is 6.03 Å². The van der Waals surface area contributed by atoms with Gasteiger partial charge in [-0.2, -0.15) is 15.3 Å². The molecular weight excluding hydrogens is 590 g/mol. The van der Waals surface area contributed by atoms with Crippen molar-refractivity contribution in [2.24, 2.45) is 13.0 Å². The van der Waals surface area contributed by atoms with Crippen molar-refractivity contribution in [3.8, 4) is 17.2 Å². The van der Waals surface area contributed by atoms with E-state index >= 15 is 0 Å². The lowest BCUT2D eigenvalue weighted by atomic mass is 9.90. The highest BCUT2D eigenvalue weighted by Gasteiger charge is 2.41. The summed E-state index contributed by atoms with van der Waals surface area (Å²) in [6.45, 7) is 3.38. The van der Waals surface area contributed by atoms with Crippen LogP contribution in [0.2, 0.25) is 0 Å². The van der Waals surface area contributed by atoms with Crippen LogP contribution in [0.1, 0.15) is 43.2 Å². The number of carbonyl (C=O) groups is 1. The Morgan fingerprint density at radius 2 is 1.81 bits per heavy atom. The van der Waals surface area contributed by atoms with Crippen LogP contribution in [0.15, 0.2) is 67.3 Å².